The number of benzene rings is 3. The van der Waals surface area contributed by atoms with Gasteiger partial charge in [-0.3, -0.25) is 0 Å². The summed E-state index contributed by atoms with van der Waals surface area (Å²) in [5.41, 5.74) is 12.3. The molecule has 0 saturated carbocycles. The summed E-state index contributed by atoms with van der Waals surface area (Å²) < 4.78 is 20.2. The second-order valence-electron chi connectivity index (χ2n) is 9.04. The molecule has 1 atom stereocenters. The summed E-state index contributed by atoms with van der Waals surface area (Å²) in [5, 5.41) is 0. The first-order valence-electron chi connectivity index (χ1n) is 12.5. The minimum absolute atomic E-state index is 0.0611. The van der Waals surface area contributed by atoms with Gasteiger partial charge >= 0.3 is 0 Å². The normalized spacial score (nSPS) is 14.6. The molecule has 3 aromatic carbocycles. The molecule has 0 amide bonds. The number of anilines is 1. The Hall–Kier alpha value is -4.20. The van der Waals surface area contributed by atoms with Crippen LogP contribution < -0.4 is 10.5 Å². The van der Waals surface area contributed by atoms with Crippen molar-refractivity contribution in [2.24, 2.45) is 0 Å². The van der Waals surface area contributed by atoms with Crippen LogP contribution in [0, 0.1) is 0 Å². The Morgan fingerprint density at radius 1 is 0.892 bits per heavy atom. The maximum atomic E-state index is 6.37. The van der Waals surface area contributed by atoms with Crippen LogP contribution in [-0.2, 0) is 22.7 Å². The Kier molecular flexibility index (Phi) is 6.54. The van der Waals surface area contributed by atoms with Gasteiger partial charge in [0.2, 0.25) is 0 Å². The van der Waals surface area contributed by atoms with Crippen molar-refractivity contribution < 1.29 is 14.2 Å². The first-order chi connectivity index (χ1) is 18.3. The second kappa shape index (κ2) is 10.4. The molecule has 5 aromatic rings. The maximum absolute atomic E-state index is 6.37. The summed E-state index contributed by atoms with van der Waals surface area (Å²) in [6, 6.07) is 27.9. The zero-order valence-corrected chi connectivity index (χ0v) is 20.4. The minimum atomic E-state index is -0.0611. The molecule has 0 spiro atoms. The van der Waals surface area contributed by atoms with Crippen LogP contribution >= 0.6 is 0 Å². The average Bonchev–Trinajstić information content (AvgIpc) is 3.49. The summed E-state index contributed by atoms with van der Waals surface area (Å²) in [7, 11) is 0. The van der Waals surface area contributed by atoms with Crippen molar-refractivity contribution in [3.05, 3.63) is 108 Å². The van der Waals surface area contributed by atoms with E-state index < -0.39 is 0 Å². The largest absolute Gasteiger partial charge is 0.457 e. The lowest BCUT2D eigenvalue weighted by atomic mass is 10.1. The molecule has 0 aliphatic carbocycles. The van der Waals surface area contributed by atoms with Crippen LogP contribution in [0.3, 0.4) is 0 Å². The van der Waals surface area contributed by atoms with Gasteiger partial charge in [0.05, 0.1) is 25.0 Å². The van der Waals surface area contributed by atoms with Crippen LogP contribution in [-0.4, -0.2) is 21.1 Å². The van der Waals surface area contributed by atoms with E-state index in [0.29, 0.717) is 25.6 Å². The van der Waals surface area contributed by atoms with Gasteiger partial charge in [0, 0.05) is 17.9 Å². The minimum Gasteiger partial charge on any atom is -0.457 e. The van der Waals surface area contributed by atoms with Gasteiger partial charge in [0.1, 0.15) is 28.9 Å². The number of para-hydroxylation sites is 1. The highest BCUT2D eigenvalue weighted by Gasteiger charge is 2.32. The number of rotatable bonds is 9. The Labute approximate surface area is 215 Å². The molecule has 0 fully saturated rings. The summed E-state index contributed by atoms with van der Waals surface area (Å²) >= 11 is 0. The van der Waals surface area contributed by atoms with E-state index in [-0.39, 0.29) is 6.10 Å². The van der Waals surface area contributed by atoms with E-state index in [9.17, 15) is 0 Å². The maximum Gasteiger partial charge on any atom is 0.151 e. The standard InChI is InChI=1S/C30H28N4O3/c31-30-29-28(32-20-33-30)27-25(19-36-26(27)12-7-17-35-18-21-8-3-1-4-9-21)34(29)22-13-15-24(16-14-22)37-23-10-5-2-6-11-23/h1-6,8-11,13-16,20,26H,7,12,17-19H2,(H2,31,32,33). The molecule has 1 unspecified atom stereocenters. The van der Waals surface area contributed by atoms with Crippen LogP contribution in [0.1, 0.15) is 35.8 Å². The molecule has 37 heavy (non-hydrogen) atoms. The Morgan fingerprint density at radius 2 is 1.62 bits per heavy atom. The first-order valence-corrected chi connectivity index (χ1v) is 12.5. The van der Waals surface area contributed by atoms with E-state index in [1.165, 1.54) is 11.9 Å². The van der Waals surface area contributed by atoms with E-state index >= 15 is 0 Å². The molecule has 1 aliphatic heterocycles. The van der Waals surface area contributed by atoms with Crippen molar-refractivity contribution >= 4 is 16.9 Å². The fourth-order valence-electron chi connectivity index (χ4n) is 4.88. The molecule has 3 heterocycles. The molecule has 186 valence electrons. The lowest BCUT2D eigenvalue weighted by Crippen LogP contribution is -2.04. The summed E-state index contributed by atoms with van der Waals surface area (Å²) in [5.74, 6) is 2.01. The lowest BCUT2D eigenvalue weighted by Gasteiger charge is -2.12. The van der Waals surface area contributed by atoms with Gasteiger partial charge in [-0.2, -0.15) is 0 Å². The fraction of sp³-hybridized carbons (Fsp3) is 0.200. The van der Waals surface area contributed by atoms with Gasteiger partial charge in [-0.25, -0.2) is 9.97 Å². The highest BCUT2D eigenvalue weighted by atomic mass is 16.5. The second-order valence-corrected chi connectivity index (χ2v) is 9.04. The topological polar surface area (TPSA) is 84.4 Å². The van der Waals surface area contributed by atoms with Crippen molar-refractivity contribution in [2.45, 2.75) is 32.2 Å². The van der Waals surface area contributed by atoms with Crippen LogP contribution in [0.5, 0.6) is 11.5 Å². The van der Waals surface area contributed by atoms with Gasteiger partial charge in [0.25, 0.3) is 0 Å². The number of fused-ring (bicyclic) bond motifs is 3. The van der Waals surface area contributed by atoms with Crippen LogP contribution in [0.15, 0.2) is 91.3 Å². The molecule has 7 nitrogen and oxygen atoms in total. The first kappa shape index (κ1) is 23.2. The quantitative estimate of drug-likeness (QED) is 0.241. The number of ether oxygens (including phenoxy) is 3. The highest BCUT2D eigenvalue weighted by Crippen LogP contribution is 2.43. The highest BCUT2D eigenvalue weighted by molar-refractivity contribution is 5.91. The van der Waals surface area contributed by atoms with E-state index in [2.05, 4.69) is 26.7 Å². The molecular formula is C30H28N4O3. The SMILES string of the molecule is Nc1ncnc2c3c(n(-c4ccc(Oc5ccccc5)cc4)c12)COC3CCCOCc1ccccc1. The molecule has 0 radical (unpaired) electrons. The average molecular weight is 493 g/mol. The van der Waals surface area contributed by atoms with E-state index in [4.69, 9.17) is 19.9 Å². The molecule has 7 heteroatoms. The van der Waals surface area contributed by atoms with Gasteiger partial charge in [-0.1, -0.05) is 48.5 Å². The van der Waals surface area contributed by atoms with Crippen molar-refractivity contribution in [1.29, 1.82) is 0 Å². The lowest BCUT2D eigenvalue weighted by molar-refractivity contribution is 0.0455. The van der Waals surface area contributed by atoms with Crippen molar-refractivity contribution in [3.63, 3.8) is 0 Å². The molecule has 2 aromatic heterocycles. The Bertz CT molecular complexity index is 1480. The Morgan fingerprint density at radius 3 is 2.41 bits per heavy atom. The number of nitrogens with zero attached hydrogens (tertiary/aromatic N) is 3. The molecule has 0 saturated heterocycles. The van der Waals surface area contributed by atoms with Gasteiger partial charge < -0.3 is 24.5 Å². The number of hydrogen-bond donors (Lipinski definition) is 1. The predicted molar refractivity (Wildman–Crippen MR) is 143 cm³/mol. The van der Waals surface area contributed by atoms with Crippen molar-refractivity contribution in [3.8, 4) is 17.2 Å². The number of hydrogen-bond acceptors (Lipinski definition) is 6. The van der Waals surface area contributed by atoms with Crippen LogP contribution in [0.25, 0.3) is 16.7 Å². The molecule has 6 rings (SSSR count). The third kappa shape index (κ3) is 4.79. The van der Waals surface area contributed by atoms with Crippen LogP contribution in [0.2, 0.25) is 0 Å². The molecular weight excluding hydrogens is 464 g/mol. The number of nitrogens with two attached hydrogens (primary N) is 1. The third-order valence-electron chi connectivity index (χ3n) is 6.59. The third-order valence-corrected chi connectivity index (χ3v) is 6.59. The zero-order chi connectivity index (χ0) is 25.0. The molecule has 1 aliphatic rings. The van der Waals surface area contributed by atoms with E-state index in [0.717, 1.165) is 52.3 Å². The summed E-state index contributed by atoms with van der Waals surface area (Å²) in [4.78, 5) is 8.90. The smallest absolute Gasteiger partial charge is 0.151 e. The predicted octanol–water partition coefficient (Wildman–Crippen LogP) is 6.36. The Balaban J connectivity index is 1.22. The van der Waals surface area contributed by atoms with Gasteiger partial charge in [0.15, 0.2) is 5.82 Å². The molecule has 2 N–H and O–H groups in total. The fourth-order valence-corrected chi connectivity index (χ4v) is 4.88. The van der Waals surface area contributed by atoms with E-state index in [1.807, 2.05) is 72.8 Å². The van der Waals surface area contributed by atoms with Crippen molar-refractivity contribution in [1.82, 2.24) is 14.5 Å². The summed E-state index contributed by atoms with van der Waals surface area (Å²) in [6.07, 6.45) is 3.19. The number of nitrogen functional groups attached to an aromatic ring is 1. The summed E-state index contributed by atoms with van der Waals surface area (Å²) in [6.45, 7) is 1.77. The van der Waals surface area contributed by atoms with Gasteiger partial charge in [-0.05, 0) is 54.8 Å². The van der Waals surface area contributed by atoms with Crippen molar-refractivity contribution in [2.75, 3.05) is 12.3 Å². The monoisotopic (exact) mass is 492 g/mol. The number of aromatic nitrogens is 3. The zero-order valence-electron chi connectivity index (χ0n) is 20.4. The molecule has 0 bridgehead atoms. The van der Waals surface area contributed by atoms with E-state index in [1.54, 1.807) is 0 Å². The van der Waals surface area contributed by atoms with Crippen LogP contribution in [0.4, 0.5) is 5.82 Å². The van der Waals surface area contributed by atoms with Gasteiger partial charge in [-0.15, -0.1) is 0 Å².